The van der Waals surface area contributed by atoms with Crippen LogP contribution < -0.4 is 4.74 Å². The van der Waals surface area contributed by atoms with Gasteiger partial charge in [-0.3, -0.25) is 0 Å². The Bertz CT molecular complexity index is 951. The van der Waals surface area contributed by atoms with Crippen molar-refractivity contribution in [1.82, 2.24) is 0 Å². The number of carbonyl (C=O) groups excluding carboxylic acids is 1. The zero-order valence-corrected chi connectivity index (χ0v) is 19.6. The van der Waals surface area contributed by atoms with Gasteiger partial charge in [0.1, 0.15) is 5.75 Å². The molecular formula is C25H31F5O3. The fraction of sp³-hybridized carbons (Fsp3) is 0.560. The lowest BCUT2D eigenvalue weighted by atomic mass is 9.73. The molecule has 0 spiro atoms. The number of rotatable bonds is 10. The molecule has 0 aliphatic heterocycles. The number of hydrogen-bond donors (Lipinski definition) is 0. The molecule has 0 saturated carbocycles. The van der Waals surface area contributed by atoms with Gasteiger partial charge < -0.3 is 9.47 Å². The third kappa shape index (κ3) is 6.81. The van der Waals surface area contributed by atoms with Crippen molar-refractivity contribution in [3.05, 3.63) is 42.0 Å². The van der Waals surface area contributed by atoms with Gasteiger partial charge in [0, 0.05) is 5.39 Å². The molecule has 1 atom stereocenters. The average molecular weight is 475 g/mol. The van der Waals surface area contributed by atoms with Crippen LogP contribution in [0, 0.1) is 11.3 Å². The van der Waals surface area contributed by atoms with Crippen LogP contribution in [0.2, 0.25) is 0 Å². The summed E-state index contributed by atoms with van der Waals surface area (Å²) in [7, 11) is 0. The number of fused-ring (bicyclic) bond motifs is 1. The Balaban J connectivity index is 2.22. The Morgan fingerprint density at radius 2 is 1.58 bits per heavy atom. The van der Waals surface area contributed by atoms with E-state index in [9.17, 15) is 26.7 Å². The lowest BCUT2D eigenvalue weighted by molar-refractivity contribution is -0.294. The molecule has 0 aromatic heterocycles. The van der Waals surface area contributed by atoms with Crippen LogP contribution in [0.5, 0.6) is 5.75 Å². The summed E-state index contributed by atoms with van der Waals surface area (Å²) in [6.07, 6.45) is -3.78. The summed E-state index contributed by atoms with van der Waals surface area (Å²) < 4.78 is 72.1. The fourth-order valence-corrected chi connectivity index (χ4v) is 3.63. The second kappa shape index (κ2) is 10.3. The zero-order chi connectivity index (χ0) is 25.0. The summed E-state index contributed by atoms with van der Waals surface area (Å²) >= 11 is 0. The summed E-state index contributed by atoms with van der Waals surface area (Å²) in [6.45, 7) is 8.10. The number of ether oxygens (including phenoxy) is 2. The first-order chi connectivity index (χ1) is 15.2. The largest absolute Gasteiger partial charge is 0.481 e. The van der Waals surface area contributed by atoms with E-state index in [0.29, 0.717) is 11.7 Å². The van der Waals surface area contributed by atoms with Gasteiger partial charge in [-0.25, -0.2) is 4.79 Å². The van der Waals surface area contributed by atoms with Crippen molar-refractivity contribution in [2.24, 2.45) is 11.3 Å². The molecule has 0 bridgehead atoms. The molecule has 2 rings (SSSR count). The van der Waals surface area contributed by atoms with E-state index in [1.807, 2.05) is 18.2 Å². The van der Waals surface area contributed by atoms with Gasteiger partial charge in [-0.15, -0.1) is 0 Å². The molecule has 0 aliphatic carbocycles. The highest BCUT2D eigenvalue weighted by molar-refractivity contribution is 5.91. The zero-order valence-electron chi connectivity index (χ0n) is 19.6. The van der Waals surface area contributed by atoms with Crippen LogP contribution in [0.1, 0.15) is 58.9 Å². The molecule has 1 unspecified atom stereocenters. The van der Waals surface area contributed by atoms with E-state index in [1.54, 1.807) is 12.1 Å². The molecule has 2 aromatic rings. The number of alkyl halides is 5. The predicted octanol–water partition coefficient (Wildman–Crippen LogP) is 7.53. The van der Waals surface area contributed by atoms with Gasteiger partial charge in [-0.2, -0.15) is 22.0 Å². The summed E-state index contributed by atoms with van der Waals surface area (Å²) in [5, 5.41) is 1.67. The fourth-order valence-electron chi connectivity index (χ4n) is 3.63. The molecule has 8 heteroatoms. The third-order valence-corrected chi connectivity index (χ3v) is 6.02. The normalized spacial score (nSPS) is 13.9. The van der Waals surface area contributed by atoms with Gasteiger partial charge in [0.25, 0.3) is 0 Å². The van der Waals surface area contributed by atoms with Gasteiger partial charge >= 0.3 is 18.1 Å². The molecule has 3 nitrogen and oxygen atoms in total. The van der Waals surface area contributed by atoms with Crippen molar-refractivity contribution in [3.63, 3.8) is 0 Å². The van der Waals surface area contributed by atoms with Crippen LogP contribution >= 0.6 is 0 Å². The third-order valence-electron chi connectivity index (χ3n) is 6.02. The van der Waals surface area contributed by atoms with E-state index < -0.39 is 31.3 Å². The highest BCUT2D eigenvalue weighted by atomic mass is 19.4. The van der Waals surface area contributed by atoms with E-state index in [2.05, 4.69) is 45.4 Å². The van der Waals surface area contributed by atoms with Crippen LogP contribution in [0.4, 0.5) is 22.0 Å². The quantitative estimate of drug-likeness (QED) is 0.264. The van der Waals surface area contributed by atoms with E-state index >= 15 is 0 Å². The Labute approximate surface area is 191 Å². The number of hydrogen-bond acceptors (Lipinski definition) is 3. The Kier molecular flexibility index (Phi) is 8.36. The van der Waals surface area contributed by atoms with Crippen molar-refractivity contribution in [3.8, 4) is 5.75 Å². The molecule has 0 N–H and O–H groups in total. The SMILES string of the molecule is CCC(C)(C)CC(c1cccc2c(OCC(=O)OCC(F)(F)C(F)(F)F)cccc12)C(C)C. The van der Waals surface area contributed by atoms with E-state index in [1.165, 1.54) is 0 Å². The summed E-state index contributed by atoms with van der Waals surface area (Å²) in [4.78, 5) is 11.7. The smallest absolute Gasteiger partial charge is 0.456 e. The Hall–Kier alpha value is -2.38. The number of carbonyl (C=O) groups is 1. The number of esters is 1. The van der Waals surface area contributed by atoms with Gasteiger partial charge in [-0.1, -0.05) is 71.4 Å². The first-order valence-electron chi connectivity index (χ1n) is 10.9. The molecule has 0 aliphatic rings. The molecular weight excluding hydrogens is 443 g/mol. The van der Waals surface area contributed by atoms with Crippen LogP contribution in [0.15, 0.2) is 36.4 Å². The summed E-state index contributed by atoms with van der Waals surface area (Å²) in [6, 6.07) is 11.1. The van der Waals surface area contributed by atoms with E-state index in [0.717, 1.165) is 29.2 Å². The van der Waals surface area contributed by atoms with Crippen molar-refractivity contribution >= 4 is 16.7 Å². The lowest BCUT2D eigenvalue weighted by Gasteiger charge is -2.32. The minimum absolute atomic E-state index is 0.146. The Morgan fingerprint density at radius 1 is 0.970 bits per heavy atom. The van der Waals surface area contributed by atoms with Crippen molar-refractivity contribution < 1.29 is 36.2 Å². The van der Waals surface area contributed by atoms with E-state index in [-0.39, 0.29) is 11.3 Å². The van der Waals surface area contributed by atoms with Crippen LogP contribution in [-0.2, 0) is 9.53 Å². The predicted molar refractivity (Wildman–Crippen MR) is 118 cm³/mol. The second-order valence-electron chi connectivity index (χ2n) is 9.42. The second-order valence-corrected chi connectivity index (χ2v) is 9.42. The van der Waals surface area contributed by atoms with Crippen molar-refractivity contribution in [2.75, 3.05) is 13.2 Å². The maximum Gasteiger partial charge on any atom is 0.456 e. The van der Waals surface area contributed by atoms with Crippen LogP contribution in [0.3, 0.4) is 0 Å². The summed E-state index contributed by atoms with van der Waals surface area (Å²) in [5.74, 6) is -5.46. The lowest BCUT2D eigenvalue weighted by Crippen LogP contribution is -2.41. The van der Waals surface area contributed by atoms with Crippen molar-refractivity contribution in [1.29, 1.82) is 0 Å². The first kappa shape index (κ1) is 26.9. The van der Waals surface area contributed by atoms with Gasteiger partial charge in [0.15, 0.2) is 13.2 Å². The number of benzene rings is 2. The molecule has 0 heterocycles. The van der Waals surface area contributed by atoms with Gasteiger partial charge in [0.05, 0.1) is 0 Å². The highest BCUT2D eigenvalue weighted by Gasteiger charge is 2.58. The highest BCUT2D eigenvalue weighted by Crippen LogP contribution is 2.42. The van der Waals surface area contributed by atoms with Crippen LogP contribution in [0.25, 0.3) is 10.8 Å². The minimum Gasteiger partial charge on any atom is -0.481 e. The molecule has 0 amide bonds. The maximum absolute atomic E-state index is 12.9. The van der Waals surface area contributed by atoms with Gasteiger partial charge in [-0.05, 0) is 40.7 Å². The summed E-state index contributed by atoms with van der Waals surface area (Å²) in [5.41, 5.74) is 1.29. The average Bonchev–Trinajstić information content (AvgIpc) is 2.73. The van der Waals surface area contributed by atoms with Crippen molar-refractivity contribution in [2.45, 2.75) is 65.5 Å². The topological polar surface area (TPSA) is 35.5 Å². The molecule has 33 heavy (non-hydrogen) atoms. The van der Waals surface area contributed by atoms with E-state index in [4.69, 9.17) is 4.74 Å². The molecule has 0 saturated heterocycles. The first-order valence-corrected chi connectivity index (χ1v) is 10.9. The minimum atomic E-state index is -5.79. The molecule has 0 fully saturated rings. The number of halogens is 5. The van der Waals surface area contributed by atoms with Gasteiger partial charge in [0.2, 0.25) is 0 Å². The standard InChI is InChI=1S/C25H31F5O3/c1-6-23(4,5)13-20(16(2)3)18-9-7-11-19-17(18)10-8-12-21(19)32-14-22(31)33-15-24(26,27)25(28,29)30/h7-12,16,20H,6,13-15H2,1-5H3. The maximum atomic E-state index is 12.9. The van der Waals surface area contributed by atoms with Crippen LogP contribution in [-0.4, -0.2) is 31.3 Å². The molecule has 2 aromatic carbocycles. The Morgan fingerprint density at radius 3 is 2.15 bits per heavy atom. The monoisotopic (exact) mass is 474 g/mol. The molecule has 0 radical (unpaired) electrons. The molecule has 184 valence electrons.